The van der Waals surface area contributed by atoms with Crippen molar-refractivity contribution in [3.63, 3.8) is 0 Å². The number of H-pyrrole nitrogens is 1. The molecule has 0 saturated carbocycles. The number of nitrogens with one attached hydrogen (secondary N) is 2. The Bertz CT molecular complexity index is 1660. The highest BCUT2D eigenvalue weighted by Crippen LogP contribution is 2.41. The van der Waals surface area contributed by atoms with Crippen LogP contribution in [0.25, 0.3) is 33.7 Å². The van der Waals surface area contributed by atoms with E-state index >= 15 is 0 Å². The van der Waals surface area contributed by atoms with Gasteiger partial charge in [0.25, 0.3) is 5.91 Å². The van der Waals surface area contributed by atoms with Gasteiger partial charge >= 0.3 is 5.97 Å². The fourth-order valence-electron chi connectivity index (χ4n) is 4.18. The third-order valence-electron chi connectivity index (χ3n) is 6.06. The first kappa shape index (κ1) is 25.6. The average molecular weight is 599 g/mol. The van der Waals surface area contributed by atoms with E-state index in [1.807, 2.05) is 49.4 Å². The summed E-state index contributed by atoms with van der Waals surface area (Å²) >= 11 is 10.0. The number of nitrogens with zero attached hydrogens (tertiary/aromatic N) is 5. The number of rotatable bonds is 8. The highest BCUT2D eigenvalue weighted by Gasteiger charge is 2.25. The number of furan rings is 1. The van der Waals surface area contributed by atoms with E-state index in [0.717, 1.165) is 26.5 Å². The molecule has 5 rings (SSSR count). The zero-order valence-electron chi connectivity index (χ0n) is 20.2. The van der Waals surface area contributed by atoms with E-state index in [1.54, 1.807) is 4.57 Å². The van der Waals surface area contributed by atoms with Gasteiger partial charge in [-0.15, -0.1) is 5.10 Å². The van der Waals surface area contributed by atoms with Gasteiger partial charge < -0.3 is 19.4 Å². The lowest BCUT2D eigenvalue weighted by Crippen LogP contribution is -2.39. The minimum atomic E-state index is -1.15. The Labute approximate surface area is 229 Å². The Kier molecular flexibility index (Phi) is 7.00. The standard InChI is InChI=1S/C25H21BrClN7O4/c1-3-18-29-22(27)20(24(35)28-12(2)25(36)37)34(18)11-13-8-9-17-16(10-13)19(26)21(38-17)14-6-4-5-7-15(14)23-30-32-33-31-23/h4-10,12H,3,11H2,1-2H3,(H,28,35)(H,36,37)(H,30,31,32,33)/t12-/m0/s1. The number of benzene rings is 2. The van der Waals surface area contributed by atoms with Gasteiger partial charge in [0.05, 0.1) is 4.47 Å². The van der Waals surface area contributed by atoms with Crippen LogP contribution in [0.4, 0.5) is 0 Å². The van der Waals surface area contributed by atoms with Gasteiger partial charge in [0.15, 0.2) is 11.0 Å². The van der Waals surface area contributed by atoms with Crippen LogP contribution in [0.5, 0.6) is 0 Å². The fraction of sp³-hybridized carbons (Fsp3) is 0.200. The number of carbonyl (C=O) groups excluding carboxylic acids is 1. The molecule has 0 aliphatic heterocycles. The smallest absolute Gasteiger partial charge is 0.325 e. The lowest BCUT2D eigenvalue weighted by molar-refractivity contribution is -0.138. The molecule has 0 unspecified atom stereocenters. The molecule has 0 aliphatic carbocycles. The predicted octanol–water partition coefficient (Wildman–Crippen LogP) is 4.71. The number of aryl methyl sites for hydroxylation is 1. The molecule has 3 N–H and O–H groups in total. The highest BCUT2D eigenvalue weighted by atomic mass is 79.9. The summed E-state index contributed by atoms with van der Waals surface area (Å²) in [6.45, 7) is 3.57. The normalized spacial score (nSPS) is 12.1. The van der Waals surface area contributed by atoms with Gasteiger partial charge in [-0.25, -0.2) is 10.1 Å². The molecular weight excluding hydrogens is 578 g/mol. The quantitative estimate of drug-likeness (QED) is 0.232. The van der Waals surface area contributed by atoms with Crippen molar-refractivity contribution in [3.8, 4) is 22.7 Å². The number of carboxylic acid groups (broad SMARTS) is 1. The molecule has 0 aliphatic rings. The van der Waals surface area contributed by atoms with Gasteiger partial charge in [0, 0.05) is 29.5 Å². The van der Waals surface area contributed by atoms with Crippen molar-refractivity contribution in [1.29, 1.82) is 0 Å². The number of carboxylic acids is 1. The Balaban J connectivity index is 1.53. The molecule has 38 heavy (non-hydrogen) atoms. The van der Waals surface area contributed by atoms with E-state index < -0.39 is 17.9 Å². The zero-order valence-corrected chi connectivity index (χ0v) is 22.5. The van der Waals surface area contributed by atoms with Crippen LogP contribution in [0.15, 0.2) is 51.4 Å². The van der Waals surface area contributed by atoms with Crippen LogP contribution in [-0.4, -0.2) is 53.2 Å². The van der Waals surface area contributed by atoms with Crippen molar-refractivity contribution in [1.82, 2.24) is 35.5 Å². The summed E-state index contributed by atoms with van der Waals surface area (Å²) in [6, 6.07) is 12.2. The number of hydrogen-bond acceptors (Lipinski definition) is 7. The zero-order chi connectivity index (χ0) is 27.0. The third kappa shape index (κ3) is 4.68. The monoisotopic (exact) mass is 597 g/mol. The maximum absolute atomic E-state index is 12.9. The second-order valence-corrected chi connectivity index (χ2v) is 9.66. The molecule has 0 saturated heterocycles. The van der Waals surface area contributed by atoms with Gasteiger partial charge in [-0.05, 0) is 51.0 Å². The molecule has 3 heterocycles. The number of imidazole rings is 1. The summed E-state index contributed by atoms with van der Waals surface area (Å²) in [5, 5.41) is 26.6. The number of amides is 1. The number of halogens is 2. The van der Waals surface area contributed by atoms with E-state index in [9.17, 15) is 14.7 Å². The summed E-state index contributed by atoms with van der Waals surface area (Å²) in [4.78, 5) is 28.5. The molecule has 0 fully saturated rings. The van der Waals surface area contributed by atoms with E-state index in [1.165, 1.54) is 6.92 Å². The van der Waals surface area contributed by atoms with Gasteiger partial charge in [-0.3, -0.25) is 9.59 Å². The molecule has 3 aromatic heterocycles. The van der Waals surface area contributed by atoms with Crippen LogP contribution in [0.1, 0.15) is 35.7 Å². The van der Waals surface area contributed by atoms with E-state index in [2.05, 4.69) is 46.9 Å². The molecular formula is C25H21BrClN7O4. The molecule has 1 atom stereocenters. The van der Waals surface area contributed by atoms with Crippen molar-refractivity contribution in [2.45, 2.75) is 32.9 Å². The summed E-state index contributed by atoms with van der Waals surface area (Å²) in [5.74, 6) is -0.0238. The molecule has 5 aromatic rings. The summed E-state index contributed by atoms with van der Waals surface area (Å²) < 4.78 is 8.67. The number of carbonyl (C=O) groups is 2. The number of aromatic nitrogens is 6. The molecule has 0 radical (unpaired) electrons. The maximum Gasteiger partial charge on any atom is 0.325 e. The second-order valence-electron chi connectivity index (χ2n) is 8.51. The topological polar surface area (TPSA) is 152 Å². The van der Waals surface area contributed by atoms with Crippen molar-refractivity contribution >= 4 is 50.4 Å². The van der Waals surface area contributed by atoms with Crippen LogP contribution >= 0.6 is 27.5 Å². The minimum absolute atomic E-state index is 0.0170. The lowest BCUT2D eigenvalue weighted by Gasteiger charge is -2.14. The predicted molar refractivity (Wildman–Crippen MR) is 143 cm³/mol. The third-order valence-corrected chi connectivity index (χ3v) is 7.11. The SMILES string of the molecule is CCc1nc(Cl)c(C(=O)N[C@@H](C)C(=O)O)n1Cc1ccc2oc(-c3ccccc3-c3nnn[nH]3)c(Br)c2c1. The van der Waals surface area contributed by atoms with Crippen molar-refractivity contribution in [3.05, 3.63) is 69.2 Å². The van der Waals surface area contributed by atoms with Crippen LogP contribution in [0, 0.1) is 0 Å². The first-order chi connectivity index (χ1) is 18.3. The first-order valence-electron chi connectivity index (χ1n) is 11.6. The number of hydrogen-bond donors (Lipinski definition) is 3. The molecule has 0 bridgehead atoms. The summed E-state index contributed by atoms with van der Waals surface area (Å²) in [6.07, 6.45) is 0.524. The largest absolute Gasteiger partial charge is 0.480 e. The molecule has 194 valence electrons. The number of aromatic amines is 1. The number of aliphatic carboxylic acids is 1. The van der Waals surface area contributed by atoms with Crippen LogP contribution < -0.4 is 5.32 Å². The molecule has 0 spiro atoms. The lowest BCUT2D eigenvalue weighted by atomic mass is 10.0. The summed E-state index contributed by atoms with van der Waals surface area (Å²) in [7, 11) is 0. The van der Waals surface area contributed by atoms with E-state index in [4.69, 9.17) is 16.0 Å². The van der Waals surface area contributed by atoms with E-state index in [-0.39, 0.29) is 17.4 Å². The van der Waals surface area contributed by atoms with Crippen molar-refractivity contribution in [2.75, 3.05) is 0 Å². The fourth-order valence-corrected chi connectivity index (χ4v) is 5.07. The van der Waals surface area contributed by atoms with Crippen LogP contribution in [0.2, 0.25) is 5.15 Å². The van der Waals surface area contributed by atoms with Gasteiger partial charge in [-0.1, -0.05) is 48.9 Å². The van der Waals surface area contributed by atoms with Crippen molar-refractivity contribution < 1.29 is 19.1 Å². The number of fused-ring (bicyclic) bond motifs is 1. The van der Waals surface area contributed by atoms with Gasteiger partial charge in [-0.2, -0.15) is 0 Å². The van der Waals surface area contributed by atoms with Crippen LogP contribution in [0.3, 0.4) is 0 Å². The highest BCUT2D eigenvalue weighted by molar-refractivity contribution is 9.10. The molecule has 1 amide bonds. The number of tetrazole rings is 1. The molecule has 2 aromatic carbocycles. The van der Waals surface area contributed by atoms with Gasteiger partial charge in [0.2, 0.25) is 0 Å². The van der Waals surface area contributed by atoms with Crippen molar-refractivity contribution in [2.24, 2.45) is 0 Å². The molecule has 11 nitrogen and oxygen atoms in total. The first-order valence-corrected chi connectivity index (χ1v) is 12.8. The Morgan fingerprint density at radius 1 is 1.24 bits per heavy atom. The van der Waals surface area contributed by atoms with Crippen LogP contribution in [-0.2, 0) is 17.8 Å². The molecule has 13 heteroatoms. The average Bonchev–Trinajstić information content (AvgIpc) is 3.62. The maximum atomic E-state index is 12.9. The van der Waals surface area contributed by atoms with E-state index in [0.29, 0.717) is 29.4 Å². The minimum Gasteiger partial charge on any atom is -0.480 e. The summed E-state index contributed by atoms with van der Waals surface area (Å²) in [5.41, 5.74) is 3.22. The Morgan fingerprint density at radius 3 is 2.68 bits per heavy atom. The Morgan fingerprint density at radius 2 is 2.00 bits per heavy atom. The van der Waals surface area contributed by atoms with Gasteiger partial charge in [0.1, 0.15) is 28.9 Å². The Hall–Kier alpha value is -4.03. The second kappa shape index (κ2) is 10.4.